The van der Waals surface area contributed by atoms with Crippen LogP contribution in [0.1, 0.15) is 15.9 Å². The summed E-state index contributed by atoms with van der Waals surface area (Å²) >= 11 is 11.8. The fraction of sp³-hybridized carbons (Fsp3) is 0.118. The number of allylic oxidation sites excluding steroid dienone is 1. The summed E-state index contributed by atoms with van der Waals surface area (Å²) in [6, 6.07) is 10.5. The third kappa shape index (κ3) is 3.78. The van der Waals surface area contributed by atoms with Gasteiger partial charge in [0, 0.05) is 29.4 Å². The van der Waals surface area contributed by atoms with Crippen LogP contribution in [0.25, 0.3) is 0 Å². The predicted octanol–water partition coefficient (Wildman–Crippen LogP) is 4.21. The molecule has 0 saturated carbocycles. The van der Waals surface area contributed by atoms with Crippen molar-refractivity contribution in [2.24, 2.45) is 0 Å². The standard InChI is InChI=1S/C17H13Cl2NO3/c18-12-2-3-13(14(19)8-12)15(21)5-6-20-9-11-1-4-16-17(7-11)23-10-22-16/h1-8,20H,9-10H2. The average molecular weight is 350 g/mol. The van der Waals surface area contributed by atoms with Crippen LogP contribution >= 0.6 is 23.2 Å². The lowest BCUT2D eigenvalue weighted by atomic mass is 10.1. The van der Waals surface area contributed by atoms with Gasteiger partial charge in [0.25, 0.3) is 0 Å². The van der Waals surface area contributed by atoms with E-state index in [0.29, 0.717) is 22.2 Å². The minimum Gasteiger partial charge on any atom is -0.454 e. The molecule has 0 spiro atoms. The number of ether oxygens (including phenoxy) is 2. The number of hydrogen-bond acceptors (Lipinski definition) is 4. The first-order chi connectivity index (χ1) is 11.1. The fourth-order valence-electron chi connectivity index (χ4n) is 2.14. The average Bonchev–Trinajstić information content (AvgIpc) is 2.99. The highest BCUT2D eigenvalue weighted by atomic mass is 35.5. The van der Waals surface area contributed by atoms with Crippen molar-refractivity contribution in [1.29, 1.82) is 0 Å². The van der Waals surface area contributed by atoms with Crippen LogP contribution < -0.4 is 14.8 Å². The van der Waals surface area contributed by atoms with E-state index in [0.717, 1.165) is 17.1 Å². The Kier molecular flexibility index (Phi) is 4.74. The Balaban J connectivity index is 1.57. The van der Waals surface area contributed by atoms with Gasteiger partial charge in [0.2, 0.25) is 6.79 Å². The van der Waals surface area contributed by atoms with Crippen molar-refractivity contribution in [3.05, 3.63) is 69.8 Å². The molecule has 3 rings (SSSR count). The number of benzene rings is 2. The molecule has 1 aliphatic heterocycles. The van der Waals surface area contributed by atoms with Gasteiger partial charge in [0.15, 0.2) is 17.3 Å². The highest BCUT2D eigenvalue weighted by molar-refractivity contribution is 6.37. The second kappa shape index (κ2) is 6.94. The number of rotatable bonds is 5. The molecule has 0 atom stereocenters. The molecule has 6 heteroatoms. The summed E-state index contributed by atoms with van der Waals surface area (Å²) < 4.78 is 10.6. The molecule has 0 aromatic heterocycles. The number of fused-ring (bicyclic) bond motifs is 1. The lowest BCUT2D eigenvalue weighted by molar-refractivity contribution is 0.104. The van der Waals surface area contributed by atoms with E-state index < -0.39 is 0 Å². The molecule has 0 amide bonds. The highest BCUT2D eigenvalue weighted by Gasteiger charge is 2.12. The zero-order valence-corrected chi connectivity index (χ0v) is 13.5. The van der Waals surface area contributed by atoms with Crippen molar-refractivity contribution < 1.29 is 14.3 Å². The van der Waals surface area contributed by atoms with E-state index in [-0.39, 0.29) is 12.6 Å². The number of ketones is 1. The minimum atomic E-state index is -0.190. The maximum absolute atomic E-state index is 12.1. The first kappa shape index (κ1) is 15.7. The summed E-state index contributed by atoms with van der Waals surface area (Å²) in [4.78, 5) is 12.1. The largest absolute Gasteiger partial charge is 0.454 e. The number of carbonyl (C=O) groups excluding carboxylic acids is 1. The van der Waals surface area contributed by atoms with Crippen LogP contribution in [0, 0.1) is 0 Å². The van der Waals surface area contributed by atoms with Crippen molar-refractivity contribution in [2.75, 3.05) is 6.79 Å². The Morgan fingerprint density at radius 1 is 1.13 bits per heavy atom. The molecule has 1 heterocycles. The van der Waals surface area contributed by atoms with Gasteiger partial charge in [0.05, 0.1) is 5.02 Å². The van der Waals surface area contributed by atoms with Gasteiger partial charge in [-0.1, -0.05) is 29.3 Å². The van der Waals surface area contributed by atoms with Crippen LogP contribution in [0.15, 0.2) is 48.7 Å². The van der Waals surface area contributed by atoms with E-state index in [9.17, 15) is 4.79 Å². The topological polar surface area (TPSA) is 47.6 Å². The first-order valence-electron chi connectivity index (χ1n) is 6.91. The second-order valence-electron chi connectivity index (χ2n) is 4.89. The predicted molar refractivity (Wildman–Crippen MR) is 89.3 cm³/mol. The van der Waals surface area contributed by atoms with Crippen LogP contribution in [0.3, 0.4) is 0 Å². The van der Waals surface area contributed by atoms with Gasteiger partial charge < -0.3 is 14.8 Å². The van der Waals surface area contributed by atoms with Gasteiger partial charge in [-0.05, 0) is 35.9 Å². The smallest absolute Gasteiger partial charge is 0.231 e. The molecule has 0 bridgehead atoms. The number of hydrogen-bond donors (Lipinski definition) is 1. The quantitative estimate of drug-likeness (QED) is 0.648. The lowest BCUT2D eigenvalue weighted by Gasteiger charge is -2.03. The van der Waals surface area contributed by atoms with E-state index in [4.69, 9.17) is 32.7 Å². The fourth-order valence-corrected chi connectivity index (χ4v) is 2.64. The van der Waals surface area contributed by atoms with E-state index in [1.54, 1.807) is 24.4 Å². The Hall–Kier alpha value is -2.17. The second-order valence-corrected chi connectivity index (χ2v) is 5.73. The van der Waals surface area contributed by atoms with Gasteiger partial charge in [-0.3, -0.25) is 4.79 Å². The van der Waals surface area contributed by atoms with Crippen molar-refractivity contribution in [2.45, 2.75) is 6.54 Å². The SMILES string of the molecule is O=C(C=CNCc1ccc2c(c1)OCO2)c1ccc(Cl)cc1Cl. The summed E-state index contributed by atoms with van der Waals surface area (Å²) in [5, 5.41) is 3.89. The van der Waals surface area contributed by atoms with E-state index in [2.05, 4.69) is 5.32 Å². The van der Waals surface area contributed by atoms with Crippen molar-refractivity contribution in [1.82, 2.24) is 5.32 Å². The zero-order valence-electron chi connectivity index (χ0n) is 12.0. The maximum Gasteiger partial charge on any atom is 0.231 e. The lowest BCUT2D eigenvalue weighted by Crippen LogP contribution is -2.06. The Morgan fingerprint density at radius 2 is 1.96 bits per heavy atom. The molecule has 118 valence electrons. The Morgan fingerprint density at radius 3 is 2.78 bits per heavy atom. The summed E-state index contributed by atoms with van der Waals surface area (Å²) in [7, 11) is 0. The molecule has 4 nitrogen and oxygen atoms in total. The van der Waals surface area contributed by atoms with Gasteiger partial charge in [-0.25, -0.2) is 0 Å². The van der Waals surface area contributed by atoms with Crippen LogP contribution in [0.2, 0.25) is 10.0 Å². The van der Waals surface area contributed by atoms with Crippen LogP contribution in [0.5, 0.6) is 11.5 Å². The maximum atomic E-state index is 12.1. The summed E-state index contributed by atoms with van der Waals surface area (Å²) in [6.45, 7) is 0.817. The third-order valence-corrected chi connectivity index (χ3v) is 3.84. The summed E-state index contributed by atoms with van der Waals surface area (Å²) in [5.41, 5.74) is 1.44. The van der Waals surface area contributed by atoms with Gasteiger partial charge in [0.1, 0.15) is 0 Å². The first-order valence-corrected chi connectivity index (χ1v) is 7.67. The van der Waals surface area contributed by atoms with Crippen molar-refractivity contribution in [3.63, 3.8) is 0 Å². The zero-order chi connectivity index (χ0) is 16.2. The molecule has 0 aliphatic carbocycles. The molecular formula is C17H13Cl2NO3. The summed E-state index contributed by atoms with van der Waals surface area (Å²) in [6.07, 6.45) is 3.03. The van der Waals surface area contributed by atoms with Crippen LogP contribution in [-0.2, 0) is 6.54 Å². The molecule has 0 saturated heterocycles. The van der Waals surface area contributed by atoms with Gasteiger partial charge in [-0.2, -0.15) is 0 Å². The van der Waals surface area contributed by atoms with E-state index >= 15 is 0 Å². The summed E-state index contributed by atoms with van der Waals surface area (Å²) in [5.74, 6) is 1.29. The Bertz CT molecular complexity index is 774. The normalized spacial score (nSPS) is 12.6. The van der Waals surface area contributed by atoms with Crippen LogP contribution in [-0.4, -0.2) is 12.6 Å². The molecular weight excluding hydrogens is 337 g/mol. The molecule has 0 radical (unpaired) electrons. The van der Waals surface area contributed by atoms with Crippen molar-refractivity contribution >= 4 is 29.0 Å². The van der Waals surface area contributed by atoms with Crippen molar-refractivity contribution in [3.8, 4) is 11.5 Å². The molecule has 0 unspecified atom stereocenters. The van der Waals surface area contributed by atoms with E-state index in [1.165, 1.54) is 6.08 Å². The number of nitrogens with one attached hydrogen (secondary N) is 1. The highest BCUT2D eigenvalue weighted by Crippen LogP contribution is 2.32. The van der Waals surface area contributed by atoms with Gasteiger partial charge in [-0.15, -0.1) is 0 Å². The molecule has 23 heavy (non-hydrogen) atoms. The Labute approximate surface area is 143 Å². The molecule has 1 aliphatic rings. The molecule has 1 N–H and O–H groups in total. The van der Waals surface area contributed by atoms with Gasteiger partial charge >= 0.3 is 0 Å². The number of halogens is 2. The number of carbonyl (C=O) groups is 1. The minimum absolute atomic E-state index is 0.190. The monoisotopic (exact) mass is 349 g/mol. The van der Waals surface area contributed by atoms with Crippen LogP contribution in [0.4, 0.5) is 0 Å². The third-order valence-electron chi connectivity index (χ3n) is 3.29. The molecule has 0 fully saturated rings. The molecule has 2 aromatic rings. The molecule has 2 aromatic carbocycles. The van der Waals surface area contributed by atoms with E-state index in [1.807, 2.05) is 18.2 Å².